The Morgan fingerprint density at radius 3 is 1.23 bits per heavy atom. The molecule has 0 radical (unpaired) electrons. The van der Waals surface area contributed by atoms with Gasteiger partial charge in [-0.1, -0.05) is 97.1 Å². The van der Waals surface area contributed by atoms with Crippen LogP contribution >= 0.6 is 13.5 Å². The Balaban J connectivity index is 0.00000338. The third-order valence-corrected chi connectivity index (χ3v) is 10.5. The van der Waals surface area contributed by atoms with E-state index in [1.54, 1.807) is 0 Å². The topological polar surface area (TPSA) is 23.0 Å². The van der Waals surface area contributed by atoms with E-state index in [-0.39, 0.29) is 13.5 Å². The smallest absolute Gasteiger partial charge is 0.135 e. The van der Waals surface area contributed by atoms with Crippen LogP contribution < -0.4 is 0 Å². The van der Waals surface area contributed by atoms with E-state index < -0.39 is 0 Å². The van der Waals surface area contributed by atoms with Crippen LogP contribution in [0.2, 0.25) is 0 Å². The SMILES string of the molecule is S.c1ccc(-n2c3ccccc3c3cc(-c4ccc5c(c4)c4cc(-c6ccc7oc8ccccc8c7c6)ccc4n5-c4ccccc4)ccc32)cc1. The molecule has 0 saturated carbocycles. The Morgan fingerprint density at radius 2 is 0.673 bits per heavy atom. The van der Waals surface area contributed by atoms with E-state index in [9.17, 15) is 0 Å². The van der Waals surface area contributed by atoms with Crippen molar-refractivity contribution in [2.75, 3.05) is 0 Å². The summed E-state index contributed by atoms with van der Waals surface area (Å²) in [5, 5.41) is 7.25. The van der Waals surface area contributed by atoms with Gasteiger partial charge in [0.05, 0.1) is 22.1 Å². The van der Waals surface area contributed by atoms with Crippen molar-refractivity contribution in [2.24, 2.45) is 0 Å². The lowest BCUT2D eigenvalue weighted by Crippen LogP contribution is -1.93. The van der Waals surface area contributed by atoms with Crippen LogP contribution in [0.1, 0.15) is 0 Å². The summed E-state index contributed by atoms with van der Waals surface area (Å²) in [6, 6.07) is 65.6. The molecule has 11 rings (SSSR count). The molecule has 3 aromatic heterocycles. The van der Waals surface area contributed by atoms with Crippen LogP contribution in [0.4, 0.5) is 0 Å². The lowest BCUT2D eigenvalue weighted by molar-refractivity contribution is 0.669. The fraction of sp³-hybridized carbons (Fsp3) is 0. The zero-order valence-corrected chi connectivity index (χ0v) is 29.1. The lowest BCUT2D eigenvalue weighted by Gasteiger charge is -2.09. The van der Waals surface area contributed by atoms with E-state index in [1.807, 2.05) is 12.1 Å². The van der Waals surface area contributed by atoms with Gasteiger partial charge in [-0.2, -0.15) is 13.5 Å². The molecule has 0 saturated heterocycles. The van der Waals surface area contributed by atoms with Gasteiger partial charge in [-0.25, -0.2) is 0 Å². The van der Waals surface area contributed by atoms with Crippen molar-refractivity contribution < 1.29 is 4.42 Å². The first-order valence-electron chi connectivity index (χ1n) is 17.4. The number of nitrogens with zero attached hydrogens (tertiary/aromatic N) is 2. The van der Waals surface area contributed by atoms with Crippen LogP contribution in [0.15, 0.2) is 186 Å². The third-order valence-electron chi connectivity index (χ3n) is 10.5. The first-order valence-corrected chi connectivity index (χ1v) is 17.4. The van der Waals surface area contributed by atoms with Crippen molar-refractivity contribution in [1.29, 1.82) is 0 Å². The van der Waals surface area contributed by atoms with Crippen LogP contribution in [0.3, 0.4) is 0 Å². The largest absolute Gasteiger partial charge is 0.456 e. The van der Waals surface area contributed by atoms with Crippen LogP contribution in [0.25, 0.3) is 99.2 Å². The van der Waals surface area contributed by atoms with Gasteiger partial charge in [0.2, 0.25) is 0 Å². The van der Waals surface area contributed by atoms with Crippen LogP contribution in [-0.4, -0.2) is 9.13 Å². The van der Waals surface area contributed by atoms with E-state index >= 15 is 0 Å². The standard InChI is InChI=1S/C48H30N2O.H2S/c1-3-11-35(12-4-1)49-43-17-9-7-15-37(43)39-27-31(19-23-44(39)49)32-20-24-45-40(28-32)41-29-33(21-25-46(41)50(45)36-13-5-2-6-14-36)34-22-26-48-42(30-34)38-16-8-10-18-47(38)51-48;/h1-30H;1H2. The highest BCUT2D eigenvalue weighted by Gasteiger charge is 2.17. The van der Waals surface area contributed by atoms with Crippen molar-refractivity contribution in [3.05, 3.63) is 182 Å². The monoisotopic (exact) mass is 684 g/mol. The maximum Gasteiger partial charge on any atom is 0.135 e. The molecule has 0 atom stereocenters. The maximum absolute atomic E-state index is 6.15. The highest BCUT2D eigenvalue weighted by Crippen LogP contribution is 2.40. The number of benzene rings is 8. The summed E-state index contributed by atoms with van der Waals surface area (Å²) in [7, 11) is 0. The van der Waals surface area contributed by atoms with Crippen LogP contribution in [0.5, 0.6) is 0 Å². The molecular weight excluding hydrogens is 653 g/mol. The number of furan rings is 1. The number of hydrogen-bond donors (Lipinski definition) is 0. The summed E-state index contributed by atoms with van der Waals surface area (Å²) in [6.07, 6.45) is 0. The van der Waals surface area contributed by atoms with Gasteiger partial charge in [-0.05, 0) is 107 Å². The minimum Gasteiger partial charge on any atom is -0.456 e. The van der Waals surface area contributed by atoms with Crippen molar-refractivity contribution in [1.82, 2.24) is 9.13 Å². The summed E-state index contributed by atoms with van der Waals surface area (Å²) in [4.78, 5) is 0. The Hall–Kier alpha value is -6.49. The number of fused-ring (bicyclic) bond motifs is 9. The van der Waals surface area contributed by atoms with E-state index in [2.05, 4.69) is 179 Å². The second-order valence-electron chi connectivity index (χ2n) is 13.4. The third kappa shape index (κ3) is 4.55. The van der Waals surface area contributed by atoms with Gasteiger partial charge in [-0.15, -0.1) is 0 Å². The van der Waals surface area contributed by atoms with Gasteiger partial charge in [0.25, 0.3) is 0 Å². The molecule has 52 heavy (non-hydrogen) atoms. The second kappa shape index (κ2) is 11.8. The van der Waals surface area contributed by atoms with Crippen molar-refractivity contribution in [3.8, 4) is 33.6 Å². The van der Waals surface area contributed by atoms with Gasteiger partial charge in [0, 0.05) is 43.7 Å². The Bertz CT molecular complexity index is 3130. The van der Waals surface area contributed by atoms with Crippen molar-refractivity contribution in [2.45, 2.75) is 0 Å². The summed E-state index contributed by atoms with van der Waals surface area (Å²) < 4.78 is 10.9. The van der Waals surface area contributed by atoms with E-state index in [1.165, 1.54) is 71.6 Å². The minimum atomic E-state index is 0. The number of hydrogen-bond acceptors (Lipinski definition) is 1. The van der Waals surface area contributed by atoms with E-state index in [4.69, 9.17) is 4.42 Å². The molecule has 0 amide bonds. The van der Waals surface area contributed by atoms with Crippen molar-refractivity contribution in [3.63, 3.8) is 0 Å². The predicted molar refractivity (Wildman–Crippen MR) is 224 cm³/mol. The summed E-state index contributed by atoms with van der Waals surface area (Å²) >= 11 is 0. The van der Waals surface area contributed by atoms with Gasteiger partial charge in [0.1, 0.15) is 11.2 Å². The quantitative estimate of drug-likeness (QED) is 0.181. The highest BCUT2D eigenvalue weighted by molar-refractivity contribution is 7.59. The van der Waals surface area contributed by atoms with Crippen LogP contribution in [-0.2, 0) is 0 Å². The molecule has 0 spiro atoms. The fourth-order valence-corrected chi connectivity index (χ4v) is 8.15. The molecule has 8 aromatic carbocycles. The first-order chi connectivity index (χ1) is 25.3. The van der Waals surface area contributed by atoms with Gasteiger partial charge in [-0.3, -0.25) is 0 Å². The zero-order chi connectivity index (χ0) is 33.5. The summed E-state index contributed by atoms with van der Waals surface area (Å²) in [5.41, 5.74) is 13.7. The molecule has 0 fully saturated rings. The molecule has 4 heteroatoms. The molecule has 3 heterocycles. The normalized spacial score (nSPS) is 11.7. The van der Waals surface area contributed by atoms with Gasteiger partial charge in [0.15, 0.2) is 0 Å². The molecule has 11 aromatic rings. The van der Waals surface area contributed by atoms with Gasteiger partial charge < -0.3 is 13.6 Å². The zero-order valence-electron chi connectivity index (χ0n) is 28.1. The molecule has 0 N–H and O–H groups in total. The Labute approximate surface area is 307 Å². The molecule has 0 aliphatic carbocycles. The summed E-state index contributed by atoms with van der Waals surface area (Å²) in [6.45, 7) is 0. The number of rotatable bonds is 4. The van der Waals surface area contributed by atoms with E-state index in [0.717, 1.165) is 27.6 Å². The highest BCUT2D eigenvalue weighted by atomic mass is 32.1. The predicted octanol–water partition coefficient (Wildman–Crippen LogP) is 13.2. The second-order valence-corrected chi connectivity index (χ2v) is 13.4. The molecule has 246 valence electrons. The molecule has 0 aliphatic heterocycles. The fourth-order valence-electron chi connectivity index (χ4n) is 8.15. The van der Waals surface area contributed by atoms with Crippen molar-refractivity contribution >= 4 is 79.0 Å². The van der Waals surface area contributed by atoms with E-state index in [0.29, 0.717) is 0 Å². The molecule has 0 unspecified atom stereocenters. The average molecular weight is 685 g/mol. The molecule has 3 nitrogen and oxygen atoms in total. The number of para-hydroxylation sites is 4. The summed E-state index contributed by atoms with van der Waals surface area (Å²) in [5.74, 6) is 0. The lowest BCUT2D eigenvalue weighted by atomic mass is 9.98. The first kappa shape index (κ1) is 30.3. The number of aromatic nitrogens is 2. The molecule has 0 bridgehead atoms. The maximum atomic E-state index is 6.15. The molecular formula is C48H32N2OS. The Kier molecular flexibility index (Phi) is 6.88. The minimum absolute atomic E-state index is 0. The Morgan fingerprint density at radius 1 is 0.288 bits per heavy atom. The van der Waals surface area contributed by atoms with Gasteiger partial charge >= 0.3 is 0 Å². The van der Waals surface area contributed by atoms with Crippen LogP contribution in [0, 0.1) is 0 Å². The average Bonchev–Trinajstić information content (AvgIpc) is 3.85. The molecule has 0 aliphatic rings.